The number of hydrogen-bond donors (Lipinski definition) is 1. The summed E-state index contributed by atoms with van der Waals surface area (Å²) >= 11 is 0. The maximum absolute atomic E-state index is 11.4. The van der Waals surface area contributed by atoms with Crippen LogP contribution < -0.4 is 0 Å². The molecule has 0 fully saturated rings. The van der Waals surface area contributed by atoms with Gasteiger partial charge < -0.3 is 38.3 Å². The van der Waals surface area contributed by atoms with Crippen LogP contribution in [0.25, 0.3) is 0 Å². The molecule has 0 aliphatic carbocycles. The Morgan fingerprint density at radius 3 is 0.825 bits per heavy atom. The van der Waals surface area contributed by atoms with Crippen molar-refractivity contribution in [2.75, 3.05) is 28.4 Å². The van der Waals surface area contributed by atoms with Crippen molar-refractivity contribution in [3.8, 4) is 0 Å². The molecule has 3 aromatic rings. The van der Waals surface area contributed by atoms with Gasteiger partial charge in [-0.25, -0.2) is 0 Å². The maximum Gasteiger partial charge on any atom is 0.308 e. The number of carboxylic acids is 1. The van der Waals surface area contributed by atoms with Gasteiger partial charge in [-0.1, -0.05) is 119 Å². The van der Waals surface area contributed by atoms with Crippen LogP contribution in [0, 0.1) is 0 Å². The summed E-state index contributed by atoms with van der Waals surface area (Å²) in [7, 11) is 6.35. The van der Waals surface area contributed by atoms with Gasteiger partial charge in [-0.05, 0) is 42.4 Å². The van der Waals surface area contributed by atoms with Crippen LogP contribution >= 0.6 is 0 Å². The molecule has 0 heterocycles. The van der Waals surface area contributed by atoms with Gasteiger partial charge in [0.15, 0.2) is 0 Å². The van der Waals surface area contributed by atoms with Crippen molar-refractivity contribution in [1.29, 1.82) is 0 Å². The summed E-state index contributed by atoms with van der Waals surface area (Å²) in [5.74, 6) is -1.43. The van der Waals surface area contributed by atoms with Crippen molar-refractivity contribution < 1.29 is 57.4 Å². The first-order chi connectivity index (χ1) is 27.5. The van der Waals surface area contributed by atoms with Crippen molar-refractivity contribution in [3.05, 3.63) is 108 Å². The van der Waals surface area contributed by atoms with E-state index in [1.54, 1.807) is 21.3 Å². The number of methoxy groups -OCH3 is 4. The summed E-state index contributed by atoms with van der Waals surface area (Å²) in [4.78, 5) is 44.4. The largest absolute Gasteiger partial charge is 0.481 e. The molecular formula is C45H66O12. The number of carbonyl (C=O) groups excluding carboxylic acids is 3. The standard InChI is InChI=1S/3C13H18O3.C6H12O3/c3*1-3-12(15-2)9-13(14)16-10-11-7-5-4-6-8-11;1-3-5(9-2)4-6(7)8/h3*4-8,12H,3,9-10H2,1-2H3;5H,3-4H2,1-2H3,(H,7,8). The van der Waals surface area contributed by atoms with Gasteiger partial charge in [-0.2, -0.15) is 0 Å². The van der Waals surface area contributed by atoms with Crippen molar-refractivity contribution in [2.45, 2.75) is 123 Å². The van der Waals surface area contributed by atoms with Crippen LogP contribution in [0.1, 0.15) is 95.8 Å². The lowest BCUT2D eigenvalue weighted by Crippen LogP contribution is -2.17. The number of ether oxygens (including phenoxy) is 7. The lowest BCUT2D eigenvalue weighted by molar-refractivity contribution is -0.148. The third kappa shape index (κ3) is 28.4. The molecule has 0 aliphatic rings. The van der Waals surface area contributed by atoms with Crippen LogP contribution in [-0.4, -0.2) is 81.8 Å². The number of hydrogen-bond acceptors (Lipinski definition) is 11. The summed E-state index contributed by atoms with van der Waals surface area (Å²) in [5.41, 5.74) is 3.00. The fraction of sp³-hybridized carbons (Fsp3) is 0.511. The molecule has 12 nitrogen and oxygen atoms in total. The topological polar surface area (TPSA) is 153 Å². The molecule has 318 valence electrons. The molecule has 0 saturated carbocycles. The summed E-state index contributed by atoms with van der Waals surface area (Å²) in [6.07, 6.45) is 4.03. The normalized spacial score (nSPS) is 12.3. The van der Waals surface area contributed by atoms with Gasteiger partial charge in [-0.15, -0.1) is 0 Å². The van der Waals surface area contributed by atoms with Crippen LogP contribution in [0.3, 0.4) is 0 Å². The molecule has 0 aliphatic heterocycles. The van der Waals surface area contributed by atoms with E-state index in [-0.39, 0.29) is 48.7 Å². The van der Waals surface area contributed by atoms with Gasteiger partial charge in [0.25, 0.3) is 0 Å². The molecule has 57 heavy (non-hydrogen) atoms. The Bertz CT molecular complexity index is 1260. The number of carboxylic acid groups (broad SMARTS) is 1. The molecule has 0 spiro atoms. The van der Waals surface area contributed by atoms with Crippen LogP contribution in [0.15, 0.2) is 91.0 Å². The molecular weight excluding hydrogens is 732 g/mol. The van der Waals surface area contributed by atoms with Crippen LogP contribution in [-0.2, 0) is 72.2 Å². The van der Waals surface area contributed by atoms with Gasteiger partial charge in [0, 0.05) is 28.4 Å². The van der Waals surface area contributed by atoms with Gasteiger partial charge in [-0.3, -0.25) is 19.2 Å². The summed E-state index contributed by atoms with van der Waals surface area (Å²) in [6.45, 7) is 8.85. The zero-order valence-electron chi connectivity index (χ0n) is 35.2. The summed E-state index contributed by atoms with van der Waals surface area (Å²) < 4.78 is 35.6. The van der Waals surface area contributed by atoms with Gasteiger partial charge >= 0.3 is 23.9 Å². The Balaban J connectivity index is 0.000000749. The first-order valence-electron chi connectivity index (χ1n) is 19.4. The fourth-order valence-corrected chi connectivity index (χ4v) is 4.72. The van der Waals surface area contributed by atoms with E-state index >= 15 is 0 Å². The van der Waals surface area contributed by atoms with Crippen LogP contribution in [0.4, 0.5) is 0 Å². The van der Waals surface area contributed by atoms with E-state index in [1.807, 2.05) is 119 Å². The lowest BCUT2D eigenvalue weighted by Gasteiger charge is -2.12. The number of rotatable bonds is 22. The third-order valence-electron chi connectivity index (χ3n) is 8.47. The number of aliphatic carboxylic acids is 1. The Morgan fingerprint density at radius 1 is 0.421 bits per heavy atom. The minimum atomic E-state index is -0.802. The highest BCUT2D eigenvalue weighted by atomic mass is 16.5. The highest BCUT2D eigenvalue weighted by Crippen LogP contribution is 2.09. The second-order valence-corrected chi connectivity index (χ2v) is 12.7. The van der Waals surface area contributed by atoms with Crippen LogP contribution in [0.2, 0.25) is 0 Å². The smallest absolute Gasteiger partial charge is 0.308 e. The molecule has 12 heteroatoms. The second-order valence-electron chi connectivity index (χ2n) is 12.7. The lowest BCUT2D eigenvalue weighted by atomic mass is 10.2. The zero-order valence-corrected chi connectivity index (χ0v) is 35.2. The third-order valence-corrected chi connectivity index (χ3v) is 8.47. The molecule has 3 aromatic carbocycles. The SMILES string of the molecule is CCC(CC(=O)O)OC.CCC(CC(=O)OCc1ccccc1)OC.CCC(CC(=O)OCc1ccccc1)OC.CCC(CC(=O)OCc1ccccc1)OC. The van der Waals surface area contributed by atoms with Gasteiger partial charge in [0.1, 0.15) is 19.8 Å². The highest BCUT2D eigenvalue weighted by molar-refractivity contribution is 5.70. The minimum absolute atomic E-state index is 0.0386. The van der Waals surface area contributed by atoms with Crippen molar-refractivity contribution in [3.63, 3.8) is 0 Å². The van der Waals surface area contributed by atoms with Crippen molar-refractivity contribution in [2.24, 2.45) is 0 Å². The van der Waals surface area contributed by atoms with E-state index in [2.05, 4.69) is 0 Å². The Kier molecular flexibility index (Phi) is 31.8. The minimum Gasteiger partial charge on any atom is -0.481 e. The quantitative estimate of drug-likeness (QED) is 0.0766. The monoisotopic (exact) mass is 798 g/mol. The predicted octanol–water partition coefficient (Wildman–Crippen LogP) is 8.52. The van der Waals surface area contributed by atoms with Crippen molar-refractivity contribution >= 4 is 23.9 Å². The number of carbonyl (C=O) groups is 4. The van der Waals surface area contributed by atoms with E-state index < -0.39 is 5.97 Å². The highest BCUT2D eigenvalue weighted by Gasteiger charge is 2.14. The second kappa shape index (κ2) is 34.6. The number of esters is 3. The molecule has 4 unspecified atom stereocenters. The number of benzene rings is 3. The summed E-state index contributed by atoms with van der Waals surface area (Å²) in [5, 5.41) is 8.27. The Morgan fingerprint density at radius 2 is 0.649 bits per heavy atom. The van der Waals surface area contributed by atoms with E-state index in [0.29, 0.717) is 39.1 Å². The van der Waals surface area contributed by atoms with Crippen LogP contribution in [0.5, 0.6) is 0 Å². The van der Waals surface area contributed by atoms with E-state index in [0.717, 1.165) is 42.4 Å². The molecule has 0 amide bonds. The van der Waals surface area contributed by atoms with E-state index in [1.165, 1.54) is 7.11 Å². The zero-order chi connectivity index (χ0) is 42.7. The average Bonchev–Trinajstić information content (AvgIpc) is 3.25. The van der Waals surface area contributed by atoms with Gasteiger partial charge in [0.2, 0.25) is 0 Å². The van der Waals surface area contributed by atoms with E-state index in [9.17, 15) is 19.2 Å². The molecule has 0 bridgehead atoms. The van der Waals surface area contributed by atoms with E-state index in [4.69, 9.17) is 38.3 Å². The van der Waals surface area contributed by atoms with Gasteiger partial charge in [0.05, 0.1) is 50.1 Å². The first kappa shape index (κ1) is 52.4. The molecule has 3 rings (SSSR count). The average molecular weight is 799 g/mol. The molecule has 1 N–H and O–H groups in total. The summed E-state index contributed by atoms with van der Waals surface area (Å²) in [6, 6.07) is 28.9. The molecule has 4 atom stereocenters. The molecule has 0 aromatic heterocycles. The first-order valence-corrected chi connectivity index (χ1v) is 19.4. The van der Waals surface area contributed by atoms with Crippen molar-refractivity contribution in [1.82, 2.24) is 0 Å². The Labute approximate surface area is 340 Å². The maximum atomic E-state index is 11.4. The Hall–Kier alpha value is -4.62. The predicted molar refractivity (Wildman–Crippen MR) is 219 cm³/mol. The molecule has 0 radical (unpaired) electrons. The fourth-order valence-electron chi connectivity index (χ4n) is 4.72. The molecule has 0 saturated heterocycles.